The van der Waals surface area contributed by atoms with Crippen LogP contribution in [0.15, 0.2) is 70.6 Å². The highest BCUT2D eigenvalue weighted by Crippen LogP contribution is 2.44. The highest BCUT2D eigenvalue weighted by Gasteiger charge is 2.47. The van der Waals surface area contributed by atoms with Gasteiger partial charge in [0.2, 0.25) is 5.69 Å². The van der Waals surface area contributed by atoms with Gasteiger partial charge in [-0.2, -0.15) is 21.4 Å². The van der Waals surface area contributed by atoms with Gasteiger partial charge >= 0.3 is 5.97 Å². The van der Waals surface area contributed by atoms with Crippen molar-refractivity contribution in [3.05, 3.63) is 66.2 Å². The van der Waals surface area contributed by atoms with E-state index in [-0.39, 0.29) is 23.5 Å². The van der Waals surface area contributed by atoms with Crippen molar-refractivity contribution in [3.63, 3.8) is 0 Å². The Labute approximate surface area is 241 Å². The number of fused-ring (bicyclic) bond motifs is 1. The number of unbranched alkanes of at least 4 members (excludes halogenated alkanes) is 3. The lowest BCUT2D eigenvalue weighted by Gasteiger charge is -2.23. The average molecular weight is 606 g/mol. The van der Waals surface area contributed by atoms with Crippen molar-refractivity contribution in [1.82, 2.24) is 0 Å². The average Bonchev–Trinajstić information content (AvgIpc) is 3.12. The van der Waals surface area contributed by atoms with Crippen LogP contribution < -0.4 is 0 Å². The topological polar surface area (TPSA) is 161 Å². The molecule has 222 valence electrons. The van der Waals surface area contributed by atoms with Crippen molar-refractivity contribution in [2.24, 2.45) is 4.99 Å². The maximum atomic E-state index is 12.0. The number of aliphatic carboxylic acids is 1. The molecule has 2 aromatic carbocycles. The highest BCUT2D eigenvalue weighted by atomic mass is 32.2. The SMILES string of the molecule is CC1(CCCCCC(=O)O)C(C=CCC=Nc2ccccc2)=[N+](CCCCS(=O)(=O)O)c2ccc(S(=O)(=O)O)cc21. The third-order valence-corrected chi connectivity index (χ3v) is 8.78. The number of hydrogen-bond acceptors (Lipinski definition) is 6. The number of carbonyl (C=O) groups is 1. The minimum Gasteiger partial charge on any atom is -0.481 e. The number of carboxylic acids is 1. The number of carboxylic acid groups (broad SMARTS) is 1. The van der Waals surface area contributed by atoms with Gasteiger partial charge in [0.1, 0.15) is 6.54 Å². The molecule has 10 nitrogen and oxygen atoms in total. The summed E-state index contributed by atoms with van der Waals surface area (Å²) in [5.41, 5.74) is 2.48. The van der Waals surface area contributed by atoms with Gasteiger partial charge in [0, 0.05) is 43.2 Å². The van der Waals surface area contributed by atoms with Crippen LogP contribution in [0.5, 0.6) is 0 Å². The molecule has 1 heterocycles. The molecular formula is C29H37N2O8S2+. The number of allylic oxidation sites excluding steroid dienone is 2. The predicted molar refractivity (Wildman–Crippen MR) is 158 cm³/mol. The highest BCUT2D eigenvalue weighted by molar-refractivity contribution is 7.86. The molecule has 1 aliphatic heterocycles. The van der Waals surface area contributed by atoms with Gasteiger partial charge in [-0.1, -0.05) is 37.1 Å². The van der Waals surface area contributed by atoms with Gasteiger partial charge in [-0.15, -0.1) is 0 Å². The van der Waals surface area contributed by atoms with Crippen LogP contribution in [-0.2, 0) is 30.4 Å². The zero-order valence-electron chi connectivity index (χ0n) is 23.0. The number of hydrogen-bond donors (Lipinski definition) is 3. The van der Waals surface area contributed by atoms with Crippen LogP contribution in [0.25, 0.3) is 0 Å². The summed E-state index contributed by atoms with van der Waals surface area (Å²) in [7, 11) is -8.56. The standard InChI is InChI=1S/C29H36N2O8S2/c1-29(18-8-3-6-15-28(32)33)25-22-24(41(37,38)39)16-17-26(25)31(20-10-11-21-40(34,35)36)27(29)14-7-9-19-30-23-12-4-2-5-13-23/h2,4-5,7,12-14,16-17,19,22H,3,6,8-11,15,18,20-21H2,1H3,(H2-,32,33,34,35,36,37,38,39)/p+1. The zero-order valence-corrected chi connectivity index (χ0v) is 24.6. The smallest absolute Gasteiger partial charge is 0.303 e. The molecule has 3 N–H and O–H groups in total. The van der Waals surface area contributed by atoms with Crippen LogP contribution in [0.3, 0.4) is 0 Å². The van der Waals surface area contributed by atoms with Gasteiger partial charge in [0.05, 0.1) is 21.8 Å². The first kappa shape index (κ1) is 32.3. The van der Waals surface area contributed by atoms with Gasteiger partial charge in [-0.3, -0.25) is 18.9 Å². The van der Waals surface area contributed by atoms with Crippen molar-refractivity contribution >= 4 is 49.5 Å². The monoisotopic (exact) mass is 605 g/mol. The lowest BCUT2D eigenvalue weighted by atomic mass is 9.75. The maximum absolute atomic E-state index is 12.0. The van der Waals surface area contributed by atoms with E-state index in [4.69, 9.17) is 9.66 Å². The Morgan fingerprint density at radius 1 is 0.976 bits per heavy atom. The fraction of sp³-hybridized carbons (Fsp3) is 0.414. The summed E-state index contributed by atoms with van der Waals surface area (Å²) in [6.45, 7) is 2.41. The van der Waals surface area contributed by atoms with Crippen LogP contribution in [0, 0.1) is 0 Å². The number of para-hydroxylation sites is 1. The van der Waals surface area contributed by atoms with E-state index >= 15 is 0 Å². The van der Waals surface area contributed by atoms with E-state index in [9.17, 15) is 26.2 Å². The van der Waals surface area contributed by atoms with Gasteiger partial charge in [0.25, 0.3) is 20.2 Å². The molecule has 0 fully saturated rings. The van der Waals surface area contributed by atoms with Crippen LogP contribution in [0.1, 0.15) is 63.9 Å². The van der Waals surface area contributed by atoms with E-state index in [1.54, 1.807) is 12.3 Å². The summed E-state index contributed by atoms with van der Waals surface area (Å²) in [6.07, 6.45) is 9.43. The van der Waals surface area contributed by atoms with E-state index in [0.29, 0.717) is 50.6 Å². The van der Waals surface area contributed by atoms with E-state index < -0.39 is 31.6 Å². The number of benzene rings is 2. The molecule has 1 unspecified atom stereocenters. The summed E-state index contributed by atoms with van der Waals surface area (Å²) in [5, 5.41) is 8.99. The predicted octanol–water partition coefficient (Wildman–Crippen LogP) is 5.34. The third kappa shape index (κ3) is 9.42. The lowest BCUT2D eigenvalue weighted by molar-refractivity contribution is -0.438. The molecule has 0 saturated heterocycles. The normalized spacial score (nSPS) is 17.5. The summed E-state index contributed by atoms with van der Waals surface area (Å²) in [5.74, 6) is -1.22. The Kier molecular flexibility index (Phi) is 11.1. The minimum absolute atomic E-state index is 0.0668. The first-order valence-electron chi connectivity index (χ1n) is 13.5. The number of aliphatic imine (C=N–C) groups is 1. The molecule has 0 aliphatic carbocycles. The molecule has 0 bridgehead atoms. The van der Waals surface area contributed by atoms with Crippen molar-refractivity contribution in [2.75, 3.05) is 12.3 Å². The Morgan fingerprint density at radius 3 is 2.37 bits per heavy atom. The Hall–Kier alpha value is -3.19. The van der Waals surface area contributed by atoms with Crippen molar-refractivity contribution in [2.45, 2.75) is 68.6 Å². The van der Waals surface area contributed by atoms with Crippen molar-refractivity contribution in [3.8, 4) is 0 Å². The second kappa shape index (κ2) is 14.1. The summed E-state index contributed by atoms with van der Waals surface area (Å²) < 4.78 is 67.4. The van der Waals surface area contributed by atoms with Crippen molar-refractivity contribution < 1.29 is 40.4 Å². The summed E-state index contributed by atoms with van der Waals surface area (Å²) >= 11 is 0. The Bertz CT molecular complexity index is 1530. The lowest BCUT2D eigenvalue weighted by Crippen LogP contribution is -2.31. The number of rotatable bonds is 16. The molecule has 1 atom stereocenters. The van der Waals surface area contributed by atoms with E-state index in [0.717, 1.165) is 17.1 Å². The molecular weight excluding hydrogens is 568 g/mol. The quantitative estimate of drug-likeness (QED) is 0.1000. The van der Waals surface area contributed by atoms with Crippen LogP contribution >= 0.6 is 0 Å². The zero-order chi connectivity index (χ0) is 30.1. The van der Waals surface area contributed by atoms with Gasteiger partial charge in [-0.05, 0) is 50.5 Å². The molecule has 0 saturated carbocycles. The van der Waals surface area contributed by atoms with Gasteiger partial charge in [-0.25, -0.2) is 0 Å². The molecule has 0 radical (unpaired) electrons. The summed E-state index contributed by atoms with van der Waals surface area (Å²) in [6, 6.07) is 14.0. The van der Waals surface area contributed by atoms with E-state index in [2.05, 4.69) is 4.99 Å². The van der Waals surface area contributed by atoms with Gasteiger partial charge in [0.15, 0.2) is 5.71 Å². The molecule has 3 rings (SSSR count). The first-order chi connectivity index (χ1) is 19.3. The molecule has 2 aromatic rings. The van der Waals surface area contributed by atoms with E-state index in [1.165, 1.54) is 12.1 Å². The second-order valence-corrected chi connectivity index (χ2v) is 13.2. The fourth-order valence-electron chi connectivity index (χ4n) is 5.09. The van der Waals surface area contributed by atoms with Crippen LogP contribution in [0.4, 0.5) is 11.4 Å². The van der Waals surface area contributed by atoms with Crippen LogP contribution in [-0.4, -0.2) is 65.8 Å². The largest absolute Gasteiger partial charge is 0.481 e. The third-order valence-electron chi connectivity index (χ3n) is 7.12. The Morgan fingerprint density at radius 2 is 1.71 bits per heavy atom. The molecule has 41 heavy (non-hydrogen) atoms. The maximum Gasteiger partial charge on any atom is 0.303 e. The fourth-order valence-corrected chi connectivity index (χ4v) is 6.17. The molecule has 12 heteroatoms. The molecule has 0 spiro atoms. The Balaban J connectivity index is 1.97. The molecule has 1 aliphatic rings. The van der Waals surface area contributed by atoms with Crippen LogP contribution in [0.2, 0.25) is 0 Å². The second-order valence-electron chi connectivity index (χ2n) is 10.3. The van der Waals surface area contributed by atoms with E-state index in [1.807, 2.05) is 54.0 Å². The van der Waals surface area contributed by atoms with Crippen molar-refractivity contribution in [1.29, 1.82) is 0 Å². The molecule has 0 aromatic heterocycles. The minimum atomic E-state index is -4.46. The molecule has 0 amide bonds. The van der Waals surface area contributed by atoms with Gasteiger partial charge < -0.3 is 5.11 Å². The first-order valence-corrected chi connectivity index (χ1v) is 16.5. The summed E-state index contributed by atoms with van der Waals surface area (Å²) in [4.78, 5) is 15.2. The number of nitrogens with zero attached hydrogens (tertiary/aromatic N) is 2.